The molecule has 2 rings (SSSR count). The molecule has 118 valence electrons. The quantitative estimate of drug-likeness (QED) is 0.774. The lowest BCUT2D eigenvalue weighted by Crippen LogP contribution is -2.59. The molecule has 2 aliphatic heterocycles. The summed E-state index contributed by atoms with van der Waals surface area (Å²) < 4.78 is 35.4. The van der Waals surface area contributed by atoms with E-state index in [0.29, 0.717) is 19.7 Å². The Morgan fingerprint density at radius 3 is 2.75 bits per heavy atom. The molecule has 0 bridgehead atoms. The average molecular weight is 305 g/mol. The molecule has 6 nitrogen and oxygen atoms in total. The smallest absolute Gasteiger partial charge is 0.280 e. The van der Waals surface area contributed by atoms with E-state index in [0.717, 1.165) is 25.7 Å². The molecule has 2 saturated heterocycles. The second-order valence-corrected chi connectivity index (χ2v) is 7.73. The van der Waals surface area contributed by atoms with Crippen molar-refractivity contribution in [3.8, 4) is 0 Å². The van der Waals surface area contributed by atoms with Gasteiger partial charge in [0.2, 0.25) is 0 Å². The lowest BCUT2D eigenvalue weighted by molar-refractivity contribution is 0.0946. The molecule has 3 unspecified atom stereocenters. The summed E-state index contributed by atoms with van der Waals surface area (Å²) in [5, 5.41) is 3.09. The zero-order chi connectivity index (χ0) is 14.8. The lowest BCUT2D eigenvalue weighted by atomic mass is 9.97. The molecule has 2 aliphatic rings. The number of hydrogen-bond acceptors (Lipinski definition) is 4. The molecule has 3 atom stereocenters. The molecule has 0 saturated carbocycles. The number of nitrogens with one attached hydrogen (secondary N) is 2. The molecule has 0 aromatic carbocycles. The summed E-state index contributed by atoms with van der Waals surface area (Å²) in [6, 6.07) is 0.0486. The van der Waals surface area contributed by atoms with Crippen molar-refractivity contribution < 1.29 is 13.2 Å². The minimum atomic E-state index is -3.47. The molecular weight excluding hydrogens is 278 g/mol. The fourth-order valence-electron chi connectivity index (χ4n) is 3.05. The Morgan fingerprint density at radius 1 is 1.40 bits per heavy atom. The summed E-state index contributed by atoms with van der Waals surface area (Å²) in [5.41, 5.74) is -0.500. The summed E-state index contributed by atoms with van der Waals surface area (Å²) in [6.45, 7) is 5.77. The standard InChI is InChI=1S/C13H27N3O3S/c1-11-13(2,7-9-19-11)15-20(17,18)16-8-5-4-6-12(16)10-14-3/h11-12,14-15H,4-10H2,1-3H3. The molecule has 0 aliphatic carbocycles. The van der Waals surface area contributed by atoms with E-state index in [4.69, 9.17) is 4.74 Å². The van der Waals surface area contributed by atoms with Gasteiger partial charge >= 0.3 is 0 Å². The third-order valence-electron chi connectivity index (χ3n) is 4.57. The first-order chi connectivity index (χ1) is 9.39. The van der Waals surface area contributed by atoms with Gasteiger partial charge in [-0.05, 0) is 40.2 Å². The first-order valence-electron chi connectivity index (χ1n) is 7.46. The van der Waals surface area contributed by atoms with Gasteiger partial charge in [-0.1, -0.05) is 6.42 Å². The van der Waals surface area contributed by atoms with Crippen molar-refractivity contribution in [1.29, 1.82) is 0 Å². The van der Waals surface area contributed by atoms with Gasteiger partial charge in [0, 0.05) is 25.7 Å². The summed E-state index contributed by atoms with van der Waals surface area (Å²) in [5.74, 6) is 0. The van der Waals surface area contributed by atoms with Crippen molar-refractivity contribution in [2.45, 2.75) is 57.2 Å². The van der Waals surface area contributed by atoms with Crippen LogP contribution in [-0.4, -0.2) is 57.2 Å². The Morgan fingerprint density at radius 2 is 2.15 bits per heavy atom. The third kappa shape index (κ3) is 3.33. The summed E-state index contributed by atoms with van der Waals surface area (Å²) in [7, 11) is -1.60. The third-order valence-corrected chi connectivity index (χ3v) is 6.39. The second kappa shape index (κ2) is 6.27. The first-order valence-corrected chi connectivity index (χ1v) is 8.90. The van der Waals surface area contributed by atoms with Gasteiger partial charge in [-0.2, -0.15) is 17.4 Å². The van der Waals surface area contributed by atoms with E-state index in [-0.39, 0.29) is 12.1 Å². The van der Waals surface area contributed by atoms with E-state index in [1.807, 2.05) is 20.9 Å². The minimum absolute atomic E-state index is 0.0486. The SMILES string of the molecule is CNCC1CCCCN1S(=O)(=O)NC1(C)CCOC1C. The Hall–Kier alpha value is -0.210. The number of hydrogen-bond donors (Lipinski definition) is 2. The topological polar surface area (TPSA) is 70.7 Å². The predicted octanol–water partition coefficient (Wildman–Crippen LogP) is 0.462. The van der Waals surface area contributed by atoms with Gasteiger partial charge < -0.3 is 10.1 Å². The highest BCUT2D eigenvalue weighted by atomic mass is 32.2. The molecule has 2 fully saturated rings. The van der Waals surface area contributed by atoms with Crippen LogP contribution in [0.1, 0.15) is 39.5 Å². The molecule has 0 spiro atoms. The molecule has 20 heavy (non-hydrogen) atoms. The number of nitrogens with zero attached hydrogens (tertiary/aromatic N) is 1. The van der Waals surface area contributed by atoms with Gasteiger partial charge in [0.1, 0.15) is 0 Å². The van der Waals surface area contributed by atoms with Gasteiger partial charge in [-0.15, -0.1) is 0 Å². The predicted molar refractivity (Wildman–Crippen MR) is 78.8 cm³/mol. The van der Waals surface area contributed by atoms with Crippen LogP contribution in [0.25, 0.3) is 0 Å². The fraction of sp³-hybridized carbons (Fsp3) is 1.00. The molecule has 0 aromatic heterocycles. The van der Waals surface area contributed by atoms with Crippen LogP contribution in [0.15, 0.2) is 0 Å². The maximum Gasteiger partial charge on any atom is 0.280 e. The first kappa shape index (κ1) is 16.2. The Kier molecular flexibility index (Phi) is 5.07. The van der Waals surface area contributed by atoms with Crippen LogP contribution in [-0.2, 0) is 14.9 Å². The Bertz CT molecular complexity index is 427. The molecule has 0 radical (unpaired) electrons. The van der Waals surface area contributed by atoms with E-state index in [1.165, 1.54) is 0 Å². The van der Waals surface area contributed by atoms with Crippen LogP contribution in [0.3, 0.4) is 0 Å². The monoisotopic (exact) mass is 305 g/mol. The van der Waals surface area contributed by atoms with Crippen LogP contribution < -0.4 is 10.0 Å². The molecule has 2 heterocycles. The van der Waals surface area contributed by atoms with Crippen LogP contribution in [0.2, 0.25) is 0 Å². The number of rotatable bonds is 5. The summed E-state index contributed by atoms with van der Waals surface area (Å²) in [6.07, 6.45) is 3.58. The van der Waals surface area contributed by atoms with Crippen molar-refractivity contribution in [2.24, 2.45) is 0 Å². The van der Waals surface area contributed by atoms with E-state index in [2.05, 4.69) is 10.0 Å². The van der Waals surface area contributed by atoms with Crippen molar-refractivity contribution in [2.75, 3.05) is 26.7 Å². The maximum absolute atomic E-state index is 12.7. The van der Waals surface area contributed by atoms with E-state index < -0.39 is 15.7 Å². The van der Waals surface area contributed by atoms with Crippen LogP contribution >= 0.6 is 0 Å². The van der Waals surface area contributed by atoms with Gasteiger partial charge in [0.15, 0.2) is 0 Å². The van der Waals surface area contributed by atoms with Crippen molar-refractivity contribution >= 4 is 10.2 Å². The van der Waals surface area contributed by atoms with Gasteiger partial charge in [0.25, 0.3) is 10.2 Å². The van der Waals surface area contributed by atoms with E-state index >= 15 is 0 Å². The van der Waals surface area contributed by atoms with Crippen LogP contribution in [0, 0.1) is 0 Å². The molecule has 7 heteroatoms. The Balaban J connectivity index is 2.12. The number of ether oxygens (including phenoxy) is 1. The van der Waals surface area contributed by atoms with Gasteiger partial charge in [-0.25, -0.2) is 0 Å². The van der Waals surface area contributed by atoms with Gasteiger partial charge in [0.05, 0.1) is 11.6 Å². The maximum atomic E-state index is 12.7. The number of likely N-dealkylation sites (N-methyl/N-ethyl adjacent to an activating group) is 1. The minimum Gasteiger partial charge on any atom is -0.376 e. The van der Waals surface area contributed by atoms with Crippen molar-refractivity contribution in [3.05, 3.63) is 0 Å². The average Bonchev–Trinajstić information content (AvgIpc) is 2.69. The zero-order valence-electron chi connectivity index (χ0n) is 12.7. The fourth-order valence-corrected chi connectivity index (χ4v) is 4.97. The van der Waals surface area contributed by atoms with Gasteiger partial charge in [-0.3, -0.25) is 0 Å². The highest BCUT2D eigenvalue weighted by Crippen LogP contribution is 2.28. The van der Waals surface area contributed by atoms with Crippen molar-refractivity contribution in [1.82, 2.24) is 14.3 Å². The zero-order valence-corrected chi connectivity index (χ0v) is 13.5. The van der Waals surface area contributed by atoms with Crippen LogP contribution in [0.5, 0.6) is 0 Å². The molecule has 0 aromatic rings. The second-order valence-electron chi connectivity index (χ2n) is 6.11. The van der Waals surface area contributed by atoms with Crippen molar-refractivity contribution in [3.63, 3.8) is 0 Å². The summed E-state index contributed by atoms with van der Waals surface area (Å²) >= 11 is 0. The van der Waals surface area contributed by atoms with E-state index in [9.17, 15) is 8.42 Å². The highest BCUT2D eigenvalue weighted by Gasteiger charge is 2.43. The molecule has 0 amide bonds. The Labute approximate surface area is 122 Å². The van der Waals surface area contributed by atoms with Crippen LogP contribution in [0.4, 0.5) is 0 Å². The lowest BCUT2D eigenvalue weighted by Gasteiger charge is -2.38. The number of piperidine rings is 1. The normalized spacial score (nSPS) is 36.4. The molecule has 2 N–H and O–H groups in total. The largest absolute Gasteiger partial charge is 0.376 e. The molecular formula is C13H27N3O3S. The van der Waals surface area contributed by atoms with E-state index in [1.54, 1.807) is 4.31 Å². The summed E-state index contributed by atoms with van der Waals surface area (Å²) in [4.78, 5) is 0. The highest BCUT2D eigenvalue weighted by molar-refractivity contribution is 7.87.